The molecule has 2 heterocycles. The van der Waals surface area contributed by atoms with Crippen molar-refractivity contribution in [3.63, 3.8) is 0 Å². The van der Waals surface area contributed by atoms with Gasteiger partial charge in [-0.3, -0.25) is 4.79 Å². The van der Waals surface area contributed by atoms with Gasteiger partial charge in [-0.25, -0.2) is 8.42 Å². The smallest absolute Gasteiger partial charge is 0.156 e. The van der Waals surface area contributed by atoms with Gasteiger partial charge < -0.3 is 9.47 Å². The number of ether oxygens (including phenoxy) is 2. The fourth-order valence-electron chi connectivity index (χ4n) is 3.84. The second-order valence-corrected chi connectivity index (χ2v) is 9.19. The van der Waals surface area contributed by atoms with Crippen molar-refractivity contribution in [1.82, 2.24) is 0 Å². The molecule has 6 heteroatoms. The van der Waals surface area contributed by atoms with Crippen LogP contribution in [0.1, 0.15) is 38.5 Å². The summed E-state index contributed by atoms with van der Waals surface area (Å²) in [5, 5.41) is -0.614. The maximum atomic E-state index is 12.5. The van der Waals surface area contributed by atoms with Crippen LogP contribution in [0.25, 0.3) is 0 Å². The molecule has 2 fully saturated rings. The molecule has 0 saturated carbocycles. The van der Waals surface area contributed by atoms with Gasteiger partial charge in [0.05, 0.1) is 24.2 Å². The van der Waals surface area contributed by atoms with Gasteiger partial charge in [0.2, 0.25) is 0 Å². The molecular formula is C18H24O5S. The van der Waals surface area contributed by atoms with E-state index in [1.807, 2.05) is 18.2 Å². The van der Waals surface area contributed by atoms with E-state index in [0.717, 1.165) is 6.42 Å². The maximum absolute atomic E-state index is 12.5. The van der Waals surface area contributed by atoms with Gasteiger partial charge in [-0.05, 0) is 37.8 Å². The van der Waals surface area contributed by atoms with Gasteiger partial charge in [0, 0.05) is 18.4 Å². The Hall–Kier alpha value is -1.56. The van der Waals surface area contributed by atoms with E-state index < -0.39 is 9.84 Å². The van der Waals surface area contributed by atoms with E-state index >= 15 is 0 Å². The van der Waals surface area contributed by atoms with Crippen molar-refractivity contribution < 1.29 is 22.7 Å². The number of sulfone groups is 1. The summed E-state index contributed by atoms with van der Waals surface area (Å²) >= 11 is 0. The quantitative estimate of drug-likeness (QED) is 0.787. The van der Waals surface area contributed by atoms with Crippen LogP contribution in [-0.2, 0) is 14.6 Å². The second kappa shape index (κ2) is 7.13. The van der Waals surface area contributed by atoms with Crippen molar-refractivity contribution in [3.8, 4) is 11.5 Å². The lowest BCUT2D eigenvalue weighted by molar-refractivity contribution is -0.124. The van der Waals surface area contributed by atoms with Crippen molar-refractivity contribution in [2.75, 3.05) is 13.7 Å². The first-order valence-corrected chi connectivity index (χ1v) is 10.1. The van der Waals surface area contributed by atoms with Crippen molar-refractivity contribution in [1.29, 1.82) is 0 Å². The SMILES string of the molecule is COc1cccc(OCCC(=O)C2CC3CCCC(C2)S3(=O)=O)c1. The molecule has 2 aliphatic heterocycles. The van der Waals surface area contributed by atoms with Crippen LogP contribution in [-0.4, -0.2) is 38.4 Å². The van der Waals surface area contributed by atoms with Crippen molar-refractivity contribution in [2.45, 2.75) is 49.0 Å². The van der Waals surface area contributed by atoms with E-state index in [2.05, 4.69) is 0 Å². The van der Waals surface area contributed by atoms with Gasteiger partial charge in [-0.1, -0.05) is 12.5 Å². The Balaban J connectivity index is 1.52. The minimum atomic E-state index is -3.00. The highest BCUT2D eigenvalue weighted by Crippen LogP contribution is 2.39. The van der Waals surface area contributed by atoms with E-state index in [0.29, 0.717) is 50.2 Å². The summed E-state index contributed by atoms with van der Waals surface area (Å²) in [7, 11) is -1.41. The third-order valence-electron chi connectivity index (χ3n) is 5.19. The standard InChI is InChI=1S/C18H24O5S/c1-22-14-4-2-5-15(12-14)23-9-8-18(19)13-10-16-6-3-7-17(11-13)24(16,20)21/h2,4-5,12-13,16-17H,3,6-11H2,1H3. The minimum Gasteiger partial charge on any atom is -0.497 e. The third-order valence-corrected chi connectivity index (χ3v) is 7.90. The lowest BCUT2D eigenvalue weighted by Crippen LogP contribution is -2.45. The fraction of sp³-hybridized carbons (Fsp3) is 0.611. The van der Waals surface area contributed by atoms with Crippen LogP contribution in [0.3, 0.4) is 0 Å². The fourth-order valence-corrected chi connectivity index (χ4v) is 6.37. The van der Waals surface area contributed by atoms with Crippen LogP contribution in [0, 0.1) is 5.92 Å². The Labute approximate surface area is 143 Å². The third kappa shape index (κ3) is 3.58. The first kappa shape index (κ1) is 17.3. The Kier molecular flexibility index (Phi) is 5.13. The summed E-state index contributed by atoms with van der Waals surface area (Å²) in [6.45, 7) is 0.310. The molecule has 2 saturated heterocycles. The van der Waals surface area contributed by atoms with E-state index in [4.69, 9.17) is 9.47 Å². The summed E-state index contributed by atoms with van der Waals surface area (Å²) in [4.78, 5) is 12.5. The summed E-state index contributed by atoms with van der Waals surface area (Å²) in [5.74, 6) is 1.39. The average molecular weight is 352 g/mol. The van der Waals surface area contributed by atoms with Gasteiger partial charge in [-0.15, -0.1) is 0 Å². The number of carbonyl (C=O) groups is 1. The zero-order chi connectivity index (χ0) is 17.2. The number of methoxy groups -OCH3 is 1. The average Bonchev–Trinajstić information content (AvgIpc) is 2.54. The Morgan fingerprint density at radius 1 is 1.17 bits per heavy atom. The molecule has 0 aromatic heterocycles. The van der Waals surface area contributed by atoms with Crippen LogP contribution >= 0.6 is 0 Å². The molecule has 1 aromatic carbocycles. The minimum absolute atomic E-state index is 0.127. The highest BCUT2D eigenvalue weighted by molar-refractivity contribution is 7.92. The predicted octanol–water partition coefficient (Wildman–Crippen LogP) is 2.78. The molecule has 2 atom stereocenters. The Bertz CT molecular complexity index is 677. The van der Waals surface area contributed by atoms with Crippen LogP contribution in [0.2, 0.25) is 0 Å². The topological polar surface area (TPSA) is 69.7 Å². The first-order valence-electron chi connectivity index (χ1n) is 8.53. The number of rotatable bonds is 6. The highest BCUT2D eigenvalue weighted by atomic mass is 32.2. The molecular weight excluding hydrogens is 328 g/mol. The molecule has 24 heavy (non-hydrogen) atoms. The number of fused-ring (bicyclic) bond motifs is 2. The van der Waals surface area contributed by atoms with Crippen LogP contribution in [0.5, 0.6) is 11.5 Å². The zero-order valence-corrected chi connectivity index (χ0v) is 14.8. The summed E-state index contributed by atoms with van der Waals surface area (Å²) in [5.41, 5.74) is 0. The molecule has 5 nitrogen and oxygen atoms in total. The van der Waals surface area contributed by atoms with Gasteiger partial charge in [0.25, 0.3) is 0 Å². The maximum Gasteiger partial charge on any atom is 0.156 e. The number of ketones is 1. The second-order valence-electron chi connectivity index (χ2n) is 6.68. The van der Waals surface area contributed by atoms with Crippen LogP contribution in [0.15, 0.2) is 24.3 Å². The van der Waals surface area contributed by atoms with Crippen LogP contribution < -0.4 is 9.47 Å². The number of benzene rings is 1. The van der Waals surface area contributed by atoms with Crippen molar-refractivity contribution in [2.24, 2.45) is 5.92 Å². The molecule has 2 bridgehead atoms. The summed E-state index contributed by atoms with van der Waals surface area (Å²) in [6, 6.07) is 7.27. The number of hydrogen-bond acceptors (Lipinski definition) is 5. The Morgan fingerprint density at radius 3 is 2.50 bits per heavy atom. The highest BCUT2D eigenvalue weighted by Gasteiger charge is 2.45. The number of carbonyl (C=O) groups excluding carboxylic acids is 1. The van der Waals surface area contributed by atoms with E-state index in [-0.39, 0.29) is 22.2 Å². The molecule has 0 aliphatic carbocycles. The molecule has 0 radical (unpaired) electrons. The number of Topliss-reactive ketones (excluding diaryl/α,β-unsaturated/α-hetero) is 1. The van der Waals surface area contributed by atoms with Gasteiger partial charge in [0.1, 0.15) is 17.3 Å². The van der Waals surface area contributed by atoms with Gasteiger partial charge in [-0.2, -0.15) is 0 Å². The van der Waals surface area contributed by atoms with Crippen molar-refractivity contribution in [3.05, 3.63) is 24.3 Å². The number of hydrogen-bond donors (Lipinski definition) is 0. The molecule has 0 N–H and O–H groups in total. The summed E-state index contributed by atoms with van der Waals surface area (Å²) < 4.78 is 35.3. The monoisotopic (exact) mass is 352 g/mol. The van der Waals surface area contributed by atoms with E-state index in [1.54, 1.807) is 13.2 Å². The van der Waals surface area contributed by atoms with Gasteiger partial charge >= 0.3 is 0 Å². The summed E-state index contributed by atoms with van der Waals surface area (Å²) in [6.07, 6.45) is 3.70. The zero-order valence-electron chi connectivity index (χ0n) is 13.9. The van der Waals surface area contributed by atoms with E-state index in [1.165, 1.54) is 0 Å². The molecule has 2 unspecified atom stereocenters. The molecule has 132 valence electrons. The lowest BCUT2D eigenvalue weighted by Gasteiger charge is -2.38. The lowest BCUT2D eigenvalue weighted by atomic mass is 9.86. The predicted molar refractivity (Wildman–Crippen MR) is 91.2 cm³/mol. The van der Waals surface area contributed by atoms with Gasteiger partial charge in [0.15, 0.2) is 9.84 Å². The Morgan fingerprint density at radius 2 is 1.83 bits per heavy atom. The van der Waals surface area contributed by atoms with Crippen LogP contribution in [0.4, 0.5) is 0 Å². The molecule has 3 rings (SSSR count). The van der Waals surface area contributed by atoms with E-state index in [9.17, 15) is 13.2 Å². The first-order chi connectivity index (χ1) is 11.5. The molecule has 0 spiro atoms. The molecule has 2 aliphatic rings. The normalized spacial score (nSPS) is 28.1. The molecule has 0 amide bonds. The largest absolute Gasteiger partial charge is 0.497 e. The molecule has 1 aromatic rings. The van der Waals surface area contributed by atoms with Crippen molar-refractivity contribution >= 4 is 15.6 Å².